The zero-order chi connectivity index (χ0) is 25.3. The molecule has 0 saturated heterocycles. The summed E-state index contributed by atoms with van der Waals surface area (Å²) in [5, 5.41) is 4.36. The molecule has 0 aliphatic carbocycles. The molecule has 0 spiro atoms. The van der Waals surface area contributed by atoms with Gasteiger partial charge < -0.3 is 10.1 Å². The van der Waals surface area contributed by atoms with E-state index in [1.165, 1.54) is 10.9 Å². The Hall–Kier alpha value is -3.32. The summed E-state index contributed by atoms with van der Waals surface area (Å²) in [5.74, 6) is 0.316. The van der Waals surface area contributed by atoms with Crippen LogP contribution in [0.4, 0.5) is 5.69 Å². The fourth-order valence-electron chi connectivity index (χ4n) is 4.83. The number of aromatic nitrogens is 1. The Bertz CT molecular complexity index is 1520. The Morgan fingerprint density at radius 1 is 1.03 bits per heavy atom. The molecule has 0 bridgehead atoms. The van der Waals surface area contributed by atoms with Gasteiger partial charge in [0.05, 0.1) is 28.7 Å². The van der Waals surface area contributed by atoms with Gasteiger partial charge in [-0.2, -0.15) is 0 Å². The number of rotatable bonds is 8. The highest BCUT2D eigenvalue weighted by atomic mass is 32.2. The number of methoxy groups -OCH3 is 1. The van der Waals surface area contributed by atoms with Crippen molar-refractivity contribution in [2.45, 2.75) is 58.3 Å². The van der Waals surface area contributed by atoms with Crippen LogP contribution in [0.15, 0.2) is 53.4 Å². The molecule has 1 aromatic heterocycles. The van der Waals surface area contributed by atoms with Gasteiger partial charge >= 0.3 is 0 Å². The fraction of sp³-hybridized carbons (Fsp3) is 0.321. The maximum atomic E-state index is 14.2. The monoisotopic (exact) mass is 492 g/mol. The van der Waals surface area contributed by atoms with E-state index in [0.717, 1.165) is 41.3 Å². The summed E-state index contributed by atoms with van der Waals surface area (Å²) in [6, 6.07) is 14.3. The highest BCUT2D eigenvalue weighted by Crippen LogP contribution is 2.46. The van der Waals surface area contributed by atoms with Crippen LogP contribution in [-0.2, 0) is 21.2 Å². The molecule has 4 aromatic rings. The fourth-order valence-corrected chi connectivity index (χ4v) is 6.38. The number of nitrogens with zero attached hydrogens (tertiary/aromatic N) is 1. The number of aryl methyl sites for hydroxylation is 2. The van der Waals surface area contributed by atoms with Crippen molar-refractivity contribution in [2.75, 3.05) is 12.4 Å². The third-order valence-corrected chi connectivity index (χ3v) is 8.21. The number of carbonyl (C=O) groups is 1. The van der Waals surface area contributed by atoms with E-state index in [4.69, 9.17) is 4.74 Å². The normalized spacial score (nSPS) is 11.8. The molecular formula is C28H32N2O4S. The van der Waals surface area contributed by atoms with Gasteiger partial charge in [-0.05, 0) is 56.0 Å². The number of unbranched alkanes of at least 4 members (excludes halogenated alkanes) is 2. The average molecular weight is 493 g/mol. The van der Waals surface area contributed by atoms with E-state index in [-0.39, 0.29) is 10.8 Å². The van der Waals surface area contributed by atoms with Gasteiger partial charge in [-0.1, -0.05) is 55.7 Å². The van der Waals surface area contributed by atoms with Crippen molar-refractivity contribution in [3.05, 3.63) is 65.2 Å². The lowest BCUT2D eigenvalue weighted by molar-refractivity contribution is -0.114. The number of carbonyl (C=O) groups excluding carboxylic acids is 1. The standard InChI is InChI=1S/C28H32N2O4S/c1-6-7-8-11-22-19(3)28(34-5)26(29-20(4)31)25-23-12-9-10-13-24(23)30(27(22)25)35(32,33)21-16-14-18(2)15-17-21/h9-10,12-17H,6-8,11H2,1-5H3,(H,29,31). The molecule has 0 fully saturated rings. The van der Waals surface area contributed by atoms with Gasteiger partial charge in [0.15, 0.2) is 0 Å². The molecule has 1 heterocycles. The molecule has 0 aliphatic heterocycles. The van der Waals surface area contributed by atoms with E-state index in [1.54, 1.807) is 31.4 Å². The van der Waals surface area contributed by atoms with Crippen LogP contribution in [0.25, 0.3) is 21.8 Å². The van der Waals surface area contributed by atoms with Crippen LogP contribution < -0.4 is 10.1 Å². The van der Waals surface area contributed by atoms with Crippen LogP contribution >= 0.6 is 0 Å². The van der Waals surface area contributed by atoms with Crippen LogP contribution in [0.3, 0.4) is 0 Å². The molecule has 0 saturated carbocycles. The lowest BCUT2D eigenvalue weighted by Gasteiger charge is -2.20. The molecule has 0 aliphatic rings. The molecule has 4 rings (SSSR count). The molecule has 1 N–H and O–H groups in total. The molecule has 184 valence electrons. The van der Waals surface area contributed by atoms with Crippen molar-refractivity contribution in [1.82, 2.24) is 3.97 Å². The molecule has 35 heavy (non-hydrogen) atoms. The van der Waals surface area contributed by atoms with Crippen LogP contribution in [0, 0.1) is 13.8 Å². The van der Waals surface area contributed by atoms with Gasteiger partial charge in [0.2, 0.25) is 5.91 Å². The second kappa shape index (κ2) is 9.74. The van der Waals surface area contributed by atoms with Gasteiger partial charge in [-0.3, -0.25) is 4.79 Å². The number of hydrogen-bond donors (Lipinski definition) is 1. The van der Waals surface area contributed by atoms with E-state index >= 15 is 0 Å². The summed E-state index contributed by atoms with van der Waals surface area (Å²) in [6.45, 7) is 7.45. The SMILES string of the molecule is CCCCCc1c(C)c(OC)c(NC(C)=O)c2c3ccccc3n(S(=O)(=O)c3ccc(C)cc3)c12. The number of nitrogens with one attached hydrogen (secondary N) is 1. The molecule has 3 aromatic carbocycles. The van der Waals surface area contributed by atoms with Gasteiger partial charge in [-0.15, -0.1) is 0 Å². The highest BCUT2D eigenvalue weighted by molar-refractivity contribution is 7.90. The first-order chi connectivity index (χ1) is 16.7. The molecule has 0 unspecified atom stereocenters. The number of hydrogen-bond acceptors (Lipinski definition) is 4. The first-order valence-corrected chi connectivity index (χ1v) is 13.4. The number of benzene rings is 3. The second-order valence-corrected chi connectivity index (χ2v) is 10.8. The molecule has 1 amide bonds. The largest absolute Gasteiger partial charge is 0.494 e. The summed E-state index contributed by atoms with van der Waals surface area (Å²) < 4.78 is 35.6. The molecule has 0 radical (unpaired) electrons. The minimum Gasteiger partial charge on any atom is -0.494 e. The number of anilines is 1. The number of ether oxygens (including phenoxy) is 1. The van der Waals surface area contributed by atoms with Crippen LogP contribution in [-0.4, -0.2) is 25.4 Å². The quantitative estimate of drug-likeness (QED) is 0.291. The van der Waals surface area contributed by atoms with E-state index in [9.17, 15) is 13.2 Å². The predicted molar refractivity (Wildman–Crippen MR) is 142 cm³/mol. The lowest BCUT2D eigenvalue weighted by Crippen LogP contribution is -2.15. The van der Waals surface area contributed by atoms with Crippen molar-refractivity contribution in [2.24, 2.45) is 0 Å². The first-order valence-electron chi connectivity index (χ1n) is 11.9. The van der Waals surface area contributed by atoms with Gasteiger partial charge in [-0.25, -0.2) is 12.4 Å². The Morgan fingerprint density at radius 3 is 2.34 bits per heavy atom. The summed E-state index contributed by atoms with van der Waals surface area (Å²) in [4.78, 5) is 12.5. The summed E-state index contributed by atoms with van der Waals surface area (Å²) in [5.41, 5.74) is 4.42. The zero-order valence-corrected chi connectivity index (χ0v) is 21.8. The van der Waals surface area contributed by atoms with Crippen LogP contribution in [0.5, 0.6) is 5.75 Å². The van der Waals surface area contributed by atoms with Crippen LogP contribution in [0.2, 0.25) is 0 Å². The first kappa shape index (κ1) is 24.8. The highest BCUT2D eigenvalue weighted by Gasteiger charge is 2.30. The maximum Gasteiger partial charge on any atom is 0.268 e. The number of amides is 1. The Labute approximate surface area is 207 Å². The predicted octanol–water partition coefficient (Wildman–Crippen LogP) is 6.35. The van der Waals surface area contributed by atoms with Crippen molar-refractivity contribution in [1.29, 1.82) is 0 Å². The number of fused-ring (bicyclic) bond motifs is 3. The van der Waals surface area contributed by atoms with Crippen molar-refractivity contribution >= 4 is 43.4 Å². The Morgan fingerprint density at radius 2 is 1.71 bits per heavy atom. The second-order valence-electron chi connectivity index (χ2n) is 8.97. The van der Waals surface area contributed by atoms with E-state index in [1.807, 2.05) is 38.1 Å². The van der Waals surface area contributed by atoms with Crippen molar-refractivity contribution in [3.63, 3.8) is 0 Å². The van der Waals surface area contributed by atoms with Gasteiger partial charge in [0, 0.05) is 17.7 Å². The average Bonchev–Trinajstić information content (AvgIpc) is 3.17. The topological polar surface area (TPSA) is 77.4 Å². The van der Waals surface area contributed by atoms with Crippen molar-refractivity contribution in [3.8, 4) is 5.75 Å². The molecule has 0 atom stereocenters. The third kappa shape index (κ3) is 4.29. The number of para-hydroxylation sites is 1. The summed E-state index contributed by atoms with van der Waals surface area (Å²) in [7, 11) is -2.36. The van der Waals surface area contributed by atoms with E-state index in [0.29, 0.717) is 34.3 Å². The maximum absolute atomic E-state index is 14.2. The van der Waals surface area contributed by atoms with Crippen molar-refractivity contribution < 1.29 is 17.9 Å². The minimum absolute atomic E-state index is 0.222. The van der Waals surface area contributed by atoms with E-state index in [2.05, 4.69) is 12.2 Å². The van der Waals surface area contributed by atoms with E-state index < -0.39 is 10.0 Å². The molecule has 7 heteroatoms. The van der Waals surface area contributed by atoms with Crippen LogP contribution in [0.1, 0.15) is 49.8 Å². The Kier molecular flexibility index (Phi) is 6.90. The minimum atomic E-state index is -3.94. The molecule has 6 nitrogen and oxygen atoms in total. The van der Waals surface area contributed by atoms with Gasteiger partial charge in [0.25, 0.3) is 10.0 Å². The molecular weight excluding hydrogens is 460 g/mol. The smallest absolute Gasteiger partial charge is 0.268 e. The third-order valence-electron chi connectivity index (χ3n) is 6.48. The Balaban J connectivity index is 2.22. The zero-order valence-electron chi connectivity index (χ0n) is 20.9. The summed E-state index contributed by atoms with van der Waals surface area (Å²) in [6.07, 6.45) is 3.70. The lowest BCUT2D eigenvalue weighted by atomic mass is 9.96. The van der Waals surface area contributed by atoms with Gasteiger partial charge in [0.1, 0.15) is 5.75 Å². The summed E-state index contributed by atoms with van der Waals surface area (Å²) >= 11 is 0.